The average molecular weight is 274 g/mol. The summed E-state index contributed by atoms with van der Waals surface area (Å²) in [5, 5.41) is 20.5. The van der Waals surface area contributed by atoms with Crippen molar-refractivity contribution in [2.45, 2.75) is 52.1 Å². The molecule has 5 heteroatoms. The molecule has 1 fully saturated rings. The molecule has 1 aliphatic rings. The predicted octanol–water partition coefficient (Wildman–Crippen LogP) is 2.73. The molecular formula is C15H22N4O. The lowest BCUT2D eigenvalue weighted by Gasteiger charge is -2.22. The van der Waals surface area contributed by atoms with Gasteiger partial charge in [0.2, 0.25) is 0 Å². The van der Waals surface area contributed by atoms with Gasteiger partial charge in [-0.2, -0.15) is 10.4 Å². The maximum absolute atomic E-state index is 9.20. The fraction of sp³-hybridized carbons (Fsp3) is 0.667. The number of anilines is 1. The van der Waals surface area contributed by atoms with E-state index in [1.165, 1.54) is 32.1 Å². The van der Waals surface area contributed by atoms with E-state index in [-0.39, 0.29) is 0 Å². The Morgan fingerprint density at radius 3 is 2.70 bits per heavy atom. The molecule has 5 nitrogen and oxygen atoms in total. The van der Waals surface area contributed by atoms with Gasteiger partial charge in [0, 0.05) is 6.54 Å². The predicted molar refractivity (Wildman–Crippen MR) is 77.5 cm³/mol. The quantitative estimate of drug-likeness (QED) is 0.836. The summed E-state index contributed by atoms with van der Waals surface area (Å²) in [6.07, 6.45) is 6.65. The number of nitriles is 1. The standard InChI is InChI=1S/C15H22N4O/c1-11-12(2)18-19-15(14(11)10-16)17-8-9-20-13-6-4-3-5-7-13/h13H,3-9H2,1-2H3,(H,17,19). The maximum Gasteiger partial charge on any atom is 0.167 e. The Hall–Kier alpha value is -1.67. The Balaban J connectivity index is 1.82. The van der Waals surface area contributed by atoms with Crippen LogP contribution in [-0.4, -0.2) is 29.5 Å². The summed E-state index contributed by atoms with van der Waals surface area (Å²) < 4.78 is 5.84. The smallest absolute Gasteiger partial charge is 0.167 e. The number of nitrogens with zero attached hydrogens (tertiary/aromatic N) is 3. The summed E-state index contributed by atoms with van der Waals surface area (Å²) in [6.45, 7) is 5.05. The Morgan fingerprint density at radius 1 is 1.25 bits per heavy atom. The van der Waals surface area contributed by atoms with E-state index in [4.69, 9.17) is 4.74 Å². The lowest BCUT2D eigenvalue weighted by atomic mass is 9.98. The molecule has 0 saturated heterocycles. The van der Waals surface area contributed by atoms with Gasteiger partial charge in [-0.05, 0) is 32.3 Å². The number of ether oxygens (including phenoxy) is 1. The van der Waals surface area contributed by atoms with Crippen LogP contribution < -0.4 is 5.32 Å². The minimum atomic E-state index is 0.409. The molecule has 1 saturated carbocycles. The van der Waals surface area contributed by atoms with E-state index >= 15 is 0 Å². The van der Waals surface area contributed by atoms with Crippen LogP contribution in [0.5, 0.6) is 0 Å². The van der Waals surface area contributed by atoms with Crippen LogP contribution in [0.3, 0.4) is 0 Å². The highest BCUT2D eigenvalue weighted by Crippen LogP contribution is 2.20. The second kappa shape index (κ2) is 7.20. The van der Waals surface area contributed by atoms with Gasteiger partial charge < -0.3 is 10.1 Å². The van der Waals surface area contributed by atoms with Crippen LogP contribution in [0.1, 0.15) is 48.9 Å². The van der Waals surface area contributed by atoms with Crippen molar-refractivity contribution in [2.24, 2.45) is 0 Å². The van der Waals surface area contributed by atoms with Crippen molar-refractivity contribution in [3.63, 3.8) is 0 Å². The van der Waals surface area contributed by atoms with Gasteiger partial charge in [-0.3, -0.25) is 0 Å². The largest absolute Gasteiger partial charge is 0.376 e. The molecule has 0 aromatic carbocycles. The fourth-order valence-corrected chi connectivity index (χ4v) is 2.50. The Labute approximate surface area is 120 Å². The van der Waals surface area contributed by atoms with Crippen LogP contribution in [0.4, 0.5) is 5.82 Å². The van der Waals surface area contributed by atoms with Crippen molar-refractivity contribution in [2.75, 3.05) is 18.5 Å². The lowest BCUT2D eigenvalue weighted by Crippen LogP contribution is -2.21. The zero-order valence-electron chi connectivity index (χ0n) is 12.3. The summed E-state index contributed by atoms with van der Waals surface area (Å²) in [6, 6.07) is 2.19. The first kappa shape index (κ1) is 14.7. The summed E-state index contributed by atoms with van der Waals surface area (Å²) in [5.74, 6) is 0.558. The zero-order chi connectivity index (χ0) is 14.4. The second-order valence-corrected chi connectivity index (χ2v) is 5.30. The molecule has 2 rings (SSSR count). The van der Waals surface area contributed by atoms with Gasteiger partial charge in [-0.15, -0.1) is 5.10 Å². The van der Waals surface area contributed by atoms with Crippen molar-refractivity contribution in [3.8, 4) is 6.07 Å². The normalized spacial score (nSPS) is 15.8. The monoisotopic (exact) mass is 274 g/mol. The molecule has 0 bridgehead atoms. The molecule has 1 heterocycles. The molecule has 0 atom stereocenters. The minimum Gasteiger partial charge on any atom is -0.376 e. The van der Waals surface area contributed by atoms with Crippen molar-refractivity contribution < 1.29 is 4.74 Å². The number of hydrogen-bond acceptors (Lipinski definition) is 5. The molecule has 1 aromatic heterocycles. The second-order valence-electron chi connectivity index (χ2n) is 5.30. The summed E-state index contributed by atoms with van der Waals surface area (Å²) in [7, 11) is 0. The van der Waals surface area contributed by atoms with Crippen molar-refractivity contribution in [1.29, 1.82) is 5.26 Å². The highest BCUT2D eigenvalue weighted by molar-refractivity contribution is 5.55. The average Bonchev–Trinajstić information content (AvgIpc) is 2.48. The molecule has 1 aromatic rings. The first-order valence-electron chi connectivity index (χ1n) is 7.32. The van der Waals surface area contributed by atoms with Gasteiger partial charge in [-0.25, -0.2) is 0 Å². The lowest BCUT2D eigenvalue weighted by molar-refractivity contribution is 0.0347. The Bertz CT molecular complexity index is 489. The van der Waals surface area contributed by atoms with E-state index in [9.17, 15) is 5.26 Å². The van der Waals surface area contributed by atoms with Crippen molar-refractivity contribution >= 4 is 5.82 Å². The van der Waals surface area contributed by atoms with Gasteiger partial charge >= 0.3 is 0 Å². The molecular weight excluding hydrogens is 252 g/mol. The number of hydrogen-bond donors (Lipinski definition) is 1. The summed E-state index contributed by atoms with van der Waals surface area (Å²) >= 11 is 0. The van der Waals surface area contributed by atoms with Crippen LogP contribution in [0.25, 0.3) is 0 Å². The van der Waals surface area contributed by atoms with E-state index in [0.29, 0.717) is 30.6 Å². The molecule has 108 valence electrons. The maximum atomic E-state index is 9.20. The van der Waals surface area contributed by atoms with E-state index < -0.39 is 0 Å². The Kier molecular flexibility index (Phi) is 5.31. The number of aromatic nitrogens is 2. The molecule has 20 heavy (non-hydrogen) atoms. The van der Waals surface area contributed by atoms with E-state index in [2.05, 4.69) is 21.6 Å². The third-order valence-electron chi connectivity index (χ3n) is 3.87. The number of aryl methyl sites for hydroxylation is 1. The molecule has 0 spiro atoms. The summed E-state index contributed by atoms with van der Waals surface area (Å²) in [4.78, 5) is 0. The molecule has 0 amide bonds. The van der Waals surface area contributed by atoms with Crippen molar-refractivity contribution in [1.82, 2.24) is 10.2 Å². The number of rotatable bonds is 5. The van der Waals surface area contributed by atoms with E-state index in [1.54, 1.807) is 0 Å². The van der Waals surface area contributed by atoms with Crippen LogP contribution in [0.2, 0.25) is 0 Å². The van der Waals surface area contributed by atoms with Crippen LogP contribution in [0.15, 0.2) is 0 Å². The van der Waals surface area contributed by atoms with E-state index in [1.807, 2.05) is 13.8 Å². The highest BCUT2D eigenvalue weighted by atomic mass is 16.5. The van der Waals surface area contributed by atoms with Crippen LogP contribution in [0, 0.1) is 25.2 Å². The van der Waals surface area contributed by atoms with Crippen LogP contribution >= 0.6 is 0 Å². The van der Waals surface area contributed by atoms with Gasteiger partial charge in [0.05, 0.1) is 18.4 Å². The molecule has 0 radical (unpaired) electrons. The van der Waals surface area contributed by atoms with Crippen molar-refractivity contribution in [3.05, 3.63) is 16.8 Å². The first-order valence-corrected chi connectivity index (χ1v) is 7.32. The first-order chi connectivity index (χ1) is 9.72. The minimum absolute atomic E-state index is 0.409. The van der Waals surface area contributed by atoms with Gasteiger partial charge in [0.15, 0.2) is 5.82 Å². The molecule has 1 aliphatic carbocycles. The summed E-state index contributed by atoms with van der Waals surface area (Å²) in [5.41, 5.74) is 2.26. The van der Waals surface area contributed by atoms with Crippen LogP contribution in [-0.2, 0) is 4.74 Å². The van der Waals surface area contributed by atoms with Gasteiger partial charge in [0.25, 0.3) is 0 Å². The number of nitrogens with one attached hydrogen (secondary N) is 1. The highest BCUT2D eigenvalue weighted by Gasteiger charge is 2.14. The fourth-order valence-electron chi connectivity index (χ4n) is 2.50. The molecule has 1 N–H and O–H groups in total. The SMILES string of the molecule is Cc1nnc(NCCOC2CCCCC2)c(C#N)c1C. The van der Waals surface area contributed by atoms with Gasteiger partial charge in [-0.1, -0.05) is 19.3 Å². The zero-order valence-corrected chi connectivity index (χ0v) is 12.3. The molecule has 0 unspecified atom stereocenters. The third-order valence-corrected chi connectivity index (χ3v) is 3.87. The Morgan fingerprint density at radius 2 is 2.00 bits per heavy atom. The topological polar surface area (TPSA) is 70.8 Å². The molecule has 0 aliphatic heterocycles. The van der Waals surface area contributed by atoms with Gasteiger partial charge in [0.1, 0.15) is 11.6 Å². The van der Waals surface area contributed by atoms with E-state index in [0.717, 1.165) is 11.3 Å². The third kappa shape index (κ3) is 3.67.